The molecule has 0 aliphatic carbocycles. The molecule has 5 nitrogen and oxygen atoms in total. The molecule has 1 fully saturated rings. The molecule has 17 heavy (non-hydrogen) atoms. The molecule has 0 spiro atoms. The molecule has 1 aromatic rings. The first kappa shape index (κ1) is 12.5. The molecule has 2 rings (SSSR count). The third kappa shape index (κ3) is 3.49. The van der Waals surface area contributed by atoms with Crippen molar-refractivity contribution in [1.82, 2.24) is 14.2 Å². The van der Waals surface area contributed by atoms with E-state index in [0.29, 0.717) is 13.1 Å². The molecule has 0 aromatic carbocycles. The normalized spacial score (nSPS) is 19.4. The Morgan fingerprint density at radius 1 is 1.35 bits per heavy atom. The zero-order chi connectivity index (χ0) is 12.3. The van der Waals surface area contributed by atoms with Crippen LogP contribution >= 0.6 is 0 Å². The quantitative estimate of drug-likeness (QED) is 0.759. The first-order chi connectivity index (χ1) is 8.05. The van der Waals surface area contributed by atoms with E-state index in [1.807, 2.05) is 12.3 Å². The van der Waals surface area contributed by atoms with Gasteiger partial charge in [-0.25, -0.2) is 8.42 Å². The van der Waals surface area contributed by atoms with Crippen molar-refractivity contribution in [3.05, 3.63) is 30.1 Å². The number of sulfonamides is 1. The summed E-state index contributed by atoms with van der Waals surface area (Å²) < 4.78 is 24.2. The van der Waals surface area contributed by atoms with Crippen molar-refractivity contribution in [3.63, 3.8) is 0 Å². The van der Waals surface area contributed by atoms with Crippen LogP contribution in [0.2, 0.25) is 0 Å². The topological polar surface area (TPSA) is 53.5 Å². The molecule has 1 aliphatic heterocycles. The average Bonchev–Trinajstić information content (AvgIpc) is 2.30. The third-order valence-corrected chi connectivity index (χ3v) is 4.17. The molecule has 2 heterocycles. The van der Waals surface area contributed by atoms with Gasteiger partial charge in [0.1, 0.15) is 0 Å². The van der Waals surface area contributed by atoms with E-state index in [0.717, 1.165) is 25.2 Å². The second-order valence-corrected chi connectivity index (χ2v) is 6.21. The Hall–Kier alpha value is -0.980. The summed E-state index contributed by atoms with van der Waals surface area (Å²) in [4.78, 5) is 6.24. The SMILES string of the molecule is CS(=O)(=O)N1CCN(Cc2c[c]cnc2)CC1. The third-order valence-electron chi connectivity index (χ3n) is 2.86. The molecule has 1 saturated heterocycles. The van der Waals surface area contributed by atoms with E-state index < -0.39 is 10.0 Å². The molecule has 93 valence electrons. The van der Waals surface area contributed by atoms with E-state index in [-0.39, 0.29) is 0 Å². The minimum absolute atomic E-state index is 0.572. The smallest absolute Gasteiger partial charge is 0.211 e. The largest absolute Gasteiger partial charge is 0.296 e. The van der Waals surface area contributed by atoms with Crippen molar-refractivity contribution in [1.29, 1.82) is 0 Å². The van der Waals surface area contributed by atoms with E-state index in [1.54, 1.807) is 6.20 Å². The molecule has 6 heteroatoms. The van der Waals surface area contributed by atoms with Crippen LogP contribution in [-0.2, 0) is 16.6 Å². The van der Waals surface area contributed by atoms with Gasteiger partial charge in [-0.3, -0.25) is 9.88 Å². The highest BCUT2D eigenvalue weighted by atomic mass is 32.2. The van der Waals surface area contributed by atoms with Crippen LogP contribution in [0.15, 0.2) is 18.5 Å². The van der Waals surface area contributed by atoms with Crippen LogP contribution in [0.1, 0.15) is 5.56 Å². The summed E-state index contributed by atoms with van der Waals surface area (Å²) in [5.74, 6) is 0. The van der Waals surface area contributed by atoms with Crippen molar-refractivity contribution >= 4 is 10.0 Å². The molecule has 0 bridgehead atoms. The maximum Gasteiger partial charge on any atom is 0.211 e. The van der Waals surface area contributed by atoms with Gasteiger partial charge in [-0.05, 0) is 11.6 Å². The molecule has 1 aromatic heterocycles. The van der Waals surface area contributed by atoms with Gasteiger partial charge in [0.2, 0.25) is 10.0 Å². The van der Waals surface area contributed by atoms with Crippen LogP contribution in [0.3, 0.4) is 0 Å². The predicted molar refractivity (Wildman–Crippen MR) is 64.8 cm³/mol. The number of rotatable bonds is 3. The molecule has 1 radical (unpaired) electrons. The standard InChI is InChI=1S/C11H16N3O2S/c1-17(15,16)14-7-5-13(6-8-14)10-11-3-2-4-12-9-11/h3-4,9H,5-8,10H2,1H3. The fraction of sp³-hybridized carbons (Fsp3) is 0.545. The Balaban J connectivity index is 1.88. The molecular weight excluding hydrogens is 238 g/mol. The van der Waals surface area contributed by atoms with Crippen LogP contribution in [0.4, 0.5) is 0 Å². The maximum absolute atomic E-state index is 11.3. The lowest BCUT2D eigenvalue weighted by Crippen LogP contribution is -2.47. The number of nitrogens with zero attached hydrogens (tertiary/aromatic N) is 3. The summed E-state index contributed by atoms with van der Waals surface area (Å²) in [6.07, 6.45) is 4.71. The van der Waals surface area contributed by atoms with Gasteiger partial charge >= 0.3 is 0 Å². The van der Waals surface area contributed by atoms with Crippen molar-refractivity contribution < 1.29 is 8.42 Å². The predicted octanol–water partition coefficient (Wildman–Crippen LogP) is -0.0410. The lowest BCUT2D eigenvalue weighted by atomic mass is 10.2. The lowest BCUT2D eigenvalue weighted by Gasteiger charge is -2.33. The van der Waals surface area contributed by atoms with Gasteiger partial charge < -0.3 is 0 Å². The Morgan fingerprint density at radius 3 is 2.59 bits per heavy atom. The minimum atomic E-state index is -3.03. The van der Waals surface area contributed by atoms with Gasteiger partial charge in [0.15, 0.2) is 0 Å². The fourth-order valence-electron chi connectivity index (χ4n) is 1.92. The lowest BCUT2D eigenvalue weighted by molar-refractivity contribution is 0.182. The number of pyridine rings is 1. The highest BCUT2D eigenvalue weighted by Gasteiger charge is 2.23. The molecule has 1 aliphatic rings. The summed E-state index contributed by atoms with van der Waals surface area (Å²) >= 11 is 0. The van der Waals surface area contributed by atoms with Gasteiger partial charge in [0.05, 0.1) is 6.26 Å². The van der Waals surface area contributed by atoms with Gasteiger partial charge in [-0.1, -0.05) is 0 Å². The molecular formula is C11H16N3O2S. The highest BCUT2D eigenvalue weighted by Crippen LogP contribution is 2.09. The van der Waals surface area contributed by atoms with E-state index in [9.17, 15) is 8.42 Å². The van der Waals surface area contributed by atoms with Crippen LogP contribution in [-0.4, -0.2) is 55.0 Å². The summed E-state index contributed by atoms with van der Waals surface area (Å²) in [5.41, 5.74) is 1.11. The van der Waals surface area contributed by atoms with Gasteiger partial charge in [0.25, 0.3) is 0 Å². The monoisotopic (exact) mass is 254 g/mol. The molecule has 0 unspecified atom stereocenters. The number of hydrogen-bond donors (Lipinski definition) is 0. The first-order valence-corrected chi connectivity index (χ1v) is 7.38. The van der Waals surface area contributed by atoms with Crippen LogP contribution in [0.25, 0.3) is 0 Å². The number of hydrogen-bond acceptors (Lipinski definition) is 4. The van der Waals surface area contributed by atoms with E-state index in [2.05, 4.69) is 16.0 Å². The first-order valence-electron chi connectivity index (χ1n) is 5.53. The zero-order valence-corrected chi connectivity index (χ0v) is 10.7. The van der Waals surface area contributed by atoms with Gasteiger partial charge in [-0.15, -0.1) is 0 Å². The van der Waals surface area contributed by atoms with Crippen molar-refractivity contribution in [3.8, 4) is 0 Å². The Labute approximate surface area is 102 Å². The van der Waals surface area contributed by atoms with E-state index in [1.165, 1.54) is 10.6 Å². The van der Waals surface area contributed by atoms with E-state index in [4.69, 9.17) is 0 Å². The Morgan fingerprint density at radius 2 is 2.06 bits per heavy atom. The maximum atomic E-state index is 11.3. The van der Waals surface area contributed by atoms with Crippen molar-refractivity contribution in [2.45, 2.75) is 6.54 Å². The van der Waals surface area contributed by atoms with Crippen LogP contribution in [0.5, 0.6) is 0 Å². The summed E-state index contributed by atoms with van der Waals surface area (Å²) in [7, 11) is -3.03. The molecule has 0 N–H and O–H groups in total. The molecule has 0 amide bonds. The average molecular weight is 254 g/mol. The number of piperazine rings is 1. The molecule has 0 atom stereocenters. The van der Waals surface area contributed by atoms with Gasteiger partial charge in [0, 0.05) is 51.2 Å². The second-order valence-electron chi connectivity index (χ2n) is 4.23. The van der Waals surface area contributed by atoms with Crippen molar-refractivity contribution in [2.75, 3.05) is 32.4 Å². The fourth-order valence-corrected chi connectivity index (χ4v) is 2.75. The van der Waals surface area contributed by atoms with Crippen molar-refractivity contribution in [2.24, 2.45) is 0 Å². The highest BCUT2D eigenvalue weighted by molar-refractivity contribution is 7.88. The second kappa shape index (κ2) is 5.12. The summed E-state index contributed by atoms with van der Waals surface area (Å²) in [6.45, 7) is 3.48. The Bertz CT molecular complexity index is 453. The zero-order valence-electron chi connectivity index (χ0n) is 9.83. The van der Waals surface area contributed by atoms with Crippen LogP contribution in [0, 0.1) is 6.07 Å². The van der Waals surface area contributed by atoms with Gasteiger partial charge in [-0.2, -0.15) is 4.31 Å². The minimum Gasteiger partial charge on any atom is -0.296 e. The summed E-state index contributed by atoms with van der Waals surface area (Å²) in [5, 5.41) is 0. The van der Waals surface area contributed by atoms with Crippen LogP contribution < -0.4 is 0 Å². The number of aromatic nitrogens is 1. The molecule has 0 saturated carbocycles. The Kier molecular flexibility index (Phi) is 3.76. The summed E-state index contributed by atoms with van der Waals surface area (Å²) in [6, 6.07) is 4.85. The van der Waals surface area contributed by atoms with E-state index >= 15 is 0 Å².